The molecule has 0 saturated carbocycles. The summed E-state index contributed by atoms with van der Waals surface area (Å²) in [5.41, 5.74) is 0.710. The van der Waals surface area contributed by atoms with Crippen LogP contribution in [0, 0.1) is 0 Å². The summed E-state index contributed by atoms with van der Waals surface area (Å²) in [5, 5.41) is 11.1. The lowest BCUT2D eigenvalue weighted by Crippen LogP contribution is -2.57. The molecular weight excluding hydrogens is 393 g/mol. The van der Waals surface area contributed by atoms with Gasteiger partial charge in [0.15, 0.2) is 5.82 Å². The third-order valence-corrected chi connectivity index (χ3v) is 5.12. The third-order valence-electron chi connectivity index (χ3n) is 5.12. The summed E-state index contributed by atoms with van der Waals surface area (Å²) in [4.78, 5) is 28.8. The molecular formula is C17H19F3N6O3. The van der Waals surface area contributed by atoms with Crippen LogP contribution in [0.5, 0.6) is 0 Å². The molecule has 3 N–H and O–H groups in total. The number of carbonyl (C=O) groups is 2. The number of anilines is 1. The Morgan fingerprint density at radius 1 is 1.41 bits per heavy atom. The fraction of sp³-hybridized carbons (Fsp3) is 0.471. The van der Waals surface area contributed by atoms with Crippen molar-refractivity contribution < 1.29 is 27.3 Å². The molecule has 1 unspecified atom stereocenters. The van der Waals surface area contributed by atoms with Crippen molar-refractivity contribution in [1.82, 2.24) is 25.6 Å². The molecule has 0 spiro atoms. The molecule has 1 fully saturated rings. The van der Waals surface area contributed by atoms with Gasteiger partial charge in [0, 0.05) is 19.2 Å². The number of alkyl halides is 3. The summed E-state index contributed by atoms with van der Waals surface area (Å²) < 4.78 is 43.0. The van der Waals surface area contributed by atoms with Crippen LogP contribution >= 0.6 is 0 Å². The van der Waals surface area contributed by atoms with Gasteiger partial charge < -0.3 is 20.1 Å². The lowest BCUT2D eigenvalue weighted by molar-refractivity contribution is -0.158. The van der Waals surface area contributed by atoms with Gasteiger partial charge in [0.2, 0.25) is 5.91 Å². The maximum atomic E-state index is 12.9. The van der Waals surface area contributed by atoms with Crippen molar-refractivity contribution in [3.63, 3.8) is 0 Å². The number of carbonyl (C=O) groups excluding carboxylic acids is 2. The van der Waals surface area contributed by atoms with Crippen LogP contribution in [0.4, 0.5) is 23.8 Å². The monoisotopic (exact) mass is 412 g/mol. The van der Waals surface area contributed by atoms with Crippen LogP contribution in [-0.2, 0) is 4.79 Å². The minimum absolute atomic E-state index is 0.141. The van der Waals surface area contributed by atoms with E-state index in [-0.39, 0.29) is 11.9 Å². The Balaban J connectivity index is 1.53. The van der Waals surface area contributed by atoms with Crippen molar-refractivity contribution in [2.45, 2.75) is 37.6 Å². The van der Waals surface area contributed by atoms with Crippen molar-refractivity contribution >= 4 is 17.8 Å². The zero-order valence-electron chi connectivity index (χ0n) is 15.4. The number of urea groups is 1. The Bertz CT molecular complexity index is 866. The van der Waals surface area contributed by atoms with Crippen LogP contribution in [0.3, 0.4) is 0 Å². The van der Waals surface area contributed by atoms with Gasteiger partial charge in [-0.2, -0.15) is 13.2 Å². The van der Waals surface area contributed by atoms with Crippen LogP contribution in [0.15, 0.2) is 40.5 Å². The first kappa shape index (κ1) is 19.2. The molecule has 4 rings (SSSR count). The van der Waals surface area contributed by atoms with Crippen molar-refractivity contribution in [3.05, 3.63) is 36.0 Å². The van der Waals surface area contributed by atoms with Gasteiger partial charge in [-0.25, -0.2) is 4.79 Å². The van der Waals surface area contributed by atoms with Crippen LogP contribution in [-0.4, -0.2) is 64.3 Å². The van der Waals surface area contributed by atoms with Gasteiger partial charge in [0.25, 0.3) is 0 Å². The van der Waals surface area contributed by atoms with E-state index in [0.717, 1.165) is 19.9 Å². The van der Waals surface area contributed by atoms with E-state index in [4.69, 9.17) is 4.52 Å². The molecule has 0 radical (unpaired) electrons. The molecule has 29 heavy (non-hydrogen) atoms. The highest BCUT2D eigenvalue weighted by molar-refractivity contribution is 5.91. The lowest BCUT2D eigenvalue weighted by atomic mass is 10.1. The number of hydrogen-bond acceptors (Lipinski definition) is 6. The van der Waals surface area contributed by atoms with Crippen LogP contribution in [0.1, 0.15) is 13.3 Å². The van der Waals surface area contributed by atoms with E-state index in [1.54, 1.807) is 6.08 Å². The summed E-state index contributed by atoms with van der Waals surface area (Å²) >= 11 is 0. The highest BCUT2D eigenvalue weighted by atomic mass is 19.4. The van der Waals surface area contributed by atoms with Crippen LogP contribution in [0.2, 0.25) is 0 Å². The average Bonchev–Trinajstić information content (AvgIpc) is 3.31. The van der Waals surface area contributed by atoms with E-state index in [0.29, 0.717) is 18.1 Å². The largest absolute Gasteiger partial charge is 0.408 e. The Hall–Kier alpha value is -3.18. The van der Waals surface area contributed by atoms with Gasteiger partial charge in [0.1, 0.15) is 24.2 Å². The van der Waals surface area contributed by atoms with Crippen LogP contribution in [0.25, 0.3) is 0 Å². The summed E-state index contributed by atoms with van der Waals surface area (Å²) in [7, 11) is 0. The molecule has 9 nitrogen and oxygen atoms in total. The van der Waals surface area contributed by atoms with Gasteiger partial charge in [-0.05, 0) is 19.4 Å². The summed E-state index contributed by atoms with van der Waals surface area (Å²) in [5.74, 6) is -0.221. The first-order chi connectivity index (χ1) is 13.7. The number of fused-ring (bicyclic) bond motifs is 3. The van der Waals surface area contributed by atoms with E-state index < -0.39 is 30.2 Å². The number of nitrogens with zero attached hydrogens (tertiary/aromatic N) is 3. The average molecular weight is 412 g/mol. The van der Waals surface area contributed by atoms with Gasteiger partial charge in [0.05, 0.1) is 11.7 Å². The zero-order chi connectivity index (χ0) is 20.8. The van der Waals surface area contributed by atoms with E-state index in [1.165, 1.54) is 23.3 Å². The molecule has 1 saturated heterocycles. The fourth-order valence-corrected chi connectivity index (χ4v) is 3.59. The molecule has 3 aliphatic rings. The Labute approximate surface area is 163 Å². The molecule has 1 aromatic heterocycles. The van der Waals surface area contributed by atoms with E-state index in [2.05, 4.69) is 20.7 Å². The number of amides is 3. The molecule has 3 atom stereocenters. The molecule has 3 amide bonds. The first-order valence-electron chi connectivity index (χ1n) is 9.05. The van der Waals surface area contributed by atoms with Crippen molar-refractivity contribution in [2.75, 3.05) is 18.4 Å². The molecule has 156 valence electrons. The smallest absolute Gasteiger partial charge is 0.366 e. The predicted molar refractivity (Wildman–Crippen MR) is 94.1 cm³/mol. The van der Waals surface area contributed by atoms with E-state index in [1.807, 2.05) is 5.32 Å². The minimum Gasteiger partial charge on any atom is -0.366 e. The number of hydrogen-bond donors (Lipinski definition) is 3. The first-order valence-corrected chi connectivity index (χ1v) is 9.05. The quantitative estimate of drug-likeness (QED) is 0.693. The summed E-state index contributed by atoms with van der Waals surface area (Å²) in [6, 6.07) is -2.15. The minimum atomic E-state index is -4.54. The van der Waals surface area contributed by atoms with Crippen molar-refractivity contribution in [2.24, 2.45) is 0 Å². The number of allylic oxidation sites excluding steroid dienone is 1. The SMILES string of the molecule is C[C@@H](NC(=O)C1C=CC2=C(N1)N(C(=O)Nc1ccon1)[C@H]1CCN2C1)C(F)(F)F. The number of rotatable bonds is 3. The number of aromatic nitrogens is 1. The Morgan fingerprint density at radius 2 is 2.21 bits per heavy atom. The topological polar surface area (TPSA) is 103 Å². The lowest BCUT2D eigenvalue weighted by Gasteiger charge is -2.40. The number of dihydropyridines is 1. The molecule has 0 aliphatic carbocycles. The second-order valence-electron chi connectivity index (χ2n) is 7.06. The second-order valence-corrected chi connectivity index (χ2v) is 7.06. The number of nitrogens with one attached hydrogen (secondary N) is 3. The van der Waals surface area contributed by atoms with Gasteiger partial charge in [-0.3, -0.25) is 15.0 Å². The predicted octanol–water partition coefficient (Wildman–Crippen LogP) is 1.36. The van der Waals surface area contributed by atoms with Gasteiger partial charge in [-0.15, -0.1) is 0 Å². The third kappa shape index (κ3) is 3.61. The molecule has 3 aliphatic heterocycles. The summed E-state index contributed by atoms with van der Waals surface area (Å²) in [6.45, 7) is 2.23. The Kier molecular flexibility index (Phi) is 4.63. The molecule has 1 aromatic rings. The standard InChI is InChI=1S/C17H19F3N6O3/c1-9(17(18,19)20)21-15(27)11-2-3-12-14(22-11)26(10-4-6-25(12)8-10)16(28)23-13-5-7-29-24-13/h2-3,5,7,9-11,22H,4,6,8H2,1H3,(H,21,27)(H,23,24,28)/t9-,10+,11?/m1/s1. The van der Waals surface area contributed by atoms with Crippen LogP contribution < -0.4 is 16.0 Å². The zero-order valence-corrected chi connectivity index (χ0v) is 15.4. The maximum absolute atomic E-state index is 12.9. The molecule has 4 heterocycles. The highest BCUT2D eigenvalue weighted by Crippen LogP contribution is 2.33. The van der Waals surface area contributed by atoms with E-state index in [9.17, 15) is 22.8 Å². The normalized spacial score (nSPS) is 24.1. The molecule has 12 heteroatoms. The molecule has 2 bridgehead atoms. The van der Waals surface area contributed by atoms with Gasteiger partial charge >= 0.3 is 12.2 Å². The van der Waals surface area contributed by atoms with Gasteiger partial charge in [-0.1, -0.05) is 11.2 Å². The number of halogens is 3. The maximum Gasteiger partial charge on any atom is 0.408 e. The second kappa shape index (κ2) is 7.01. The fourth-order valence-electron chi connectivity index (χ4n) is 3.59. The van der Waals surface area contributed by atoms with Crippen molar-refractivity contribution in [1.29, 1.82) is 0 Å². The van der Waals surface area contributed by atoms with Crippen molar-refractivity contribution in [3.8, 4) is 0 Å². The van der Waals surface area contributed by atoms with E-state index >= 15 is 0 Å². The molecule has 0 aromatic carbocycles. The highest BCUT2D eigenvalue weighted by Gasteiger charge is 2.43. The summed E-state index contributed by atoms with van der Waals surface area (Å²) in [6.07, 6.45) is 0.641. The Morgan fingerprint density at radius 3 is 2.90 bits per heavy atom.